The molecule has 0 saturated heterocycles. The maximum Gasteiger partial charge on any atom is 0.410 e. The van der Waals surface area contributed by atoms with Crippen molar-refractivity contribution >= 4 is 18.0 Å². The van der Waals surface area contributed by atoms with Gasteiger partial charge in [0.2, 0.25) is 5.91 Å². The smallest absolute Gasteiger partial charge is 0.410 e. The van der Waals surface area contributed by atoms with Crippen LogP contribution in [0.4, 0.5) is 4.79 Å². The molecule has 3 N–H and O–H groups in total. The Morgan fingerprint density at radius 2 is 1.87 bits per heavy atom. The first-order valence-corrected chi connectivity index (χ1v) is 6.94. The molecule has 0 aromatic heterocycles. The van der Waals surface area contributed by atoms with Gasteiger partial charge in [0.25, 0.3) is 0 Å². The predicted octanol–water partition coefficient (Wildman–Crippen LogP) is 0.205. The standard InChI is InChI=1S/C15H20N2O6/c1-10(14(20)21)16-13(19)12(8-18)17(2)15(22)23-9-11-6-4-3-5-7-11/h3-7,10,12,18H,8-9H2,1-2H3,(H,16,19)(H,20,21). The molecule has 23 heavy (non-hydrogen) atoms. The van der Waals surface area contributed by atoms with Gasteiger partial charge in [0.15, 0.2) is 0 Å². The lowest BCUT2D eigenvalue weighted by Gasteiger charge is -2.25. The minimum absolute atomic E-state index is 0.0231. The van der Waals surface area contributed by atoms with Gasteiger partial charge in [-0.05, 0) is 12.5 Å². The van der Waals surface area contributed by atoms with Crippen LogP contribution in [0.1, 0.15) is 12.5 Å². The van der Waals surface area contributed by atoms with Crippen molar-refractivity contribution in [2.75, 3.05) is 13.7 Å². The highest BCUT2D eigenvalue weighted by molar-refractivity contribution is 5.89. The predicted molar refractivity (Wildman–Crippen MR) is 80.5 cm³/mol. The molecule has 126 valence electrons. The van der Waals surface area contributed by atoms with Crippen molar-refractivity contribution in [3.8, 4) is 0 Å². The van der Waals surface area contributed by atoms with Gasteiger partial charge >= 0.3 is 12.1 Å². The van der Waals surface area contributed by atoms with Crippen LogP contribution >= 0.6 is 0 Å². The topological polar surface area (TPSA) is 116 Å². The second kappa shape index (κ2) is 8.74. The van der Waals surface area contributed by atoms with E-state index in [9.17, 15) is 19.5 Å². The van der Waals surface area contributed by atoms with Gasteiger partial charge in [-0.25, -0.2) is 4.79 Å². The number of aliphatic carboxylic acids is 1. The molecule has 0 fully saturated rings. The second-order valence-corrected chi connectivity index (χ2v) is 4.92. The Morgan fingerprint density at radius 1 is 1.26 bits per heavy atom. The number of likely N-dealkylation sites (N-methyl/N-ethyl adjacent to an activating group) is 1. The van der Waals surface area contributed by atoms with Gasteiger partial charge in [-0.15, -0.1) is 0 Å². The fourth-order valence-corrected chi connectivity index (χ4v) is 1.70. The number of carbonyl (C=O) groups is 3. The molecular formula is C15H20N2O6. The molecule has 0 spiro atoms. The molecule has 0 heterocycles. The molecule has 2 amide bonds. The number of ether oxygens (including phenoxy) is 1. The summed E-state index contributed by atoms with van der Waals surface area (Å²) in [5.41, 5.74) is 0.777. The highest BCUT2D eigenvalue weighted by Crippen LogP contribution is 2.05. The molecule has 1 aromatic carbocycles. The van der Waals surface area contributed by atoms with Gasteiger partial charge < -0.3 is 20.3 Å². The summed E-state index contributed by atoms with van der Waals surface area (Å²) in [7, 11) is 1.29. The monoisotopic (exact) mass is 324 g/mol. The zero-order valence-electron chi connectivity index (χ0n) is 12.9. The van der Waals surface area contributed by atoms with E-state index in [-0.39, 0.29) is 6.61 Å². The third kappa shape index (κ3) is 5.59. The van der Waals surface area contributed by atoms with E-state index in [2.05, 4.69) is 5.32 Å². The van der Waals surface area contributed by atoms with Crippen LogP contribution in [0.15, 0.2) is 30.3 Å². The lowest BCUT2D eigenvalue weighted by Crippen LogP contribution is -2.53. The largest absolute Gasteiger partial charge is 0.480 e. The van der Waals surface area contributed by atoms with Crippen molar-refractivity contribution in [3.05, 3.63) is 35.9 Å². The highest BCUT2D eigenvalue weighted by Gasteiger charge is 2.29. The first kappa shape index (κ1) is 18.4. The van der Waals surface area contributed by atoms with Crippen LogP contribution in [-0.4, -0.2) is 58.8 Å². The lowest BCUT2D eigenvalue weighted by molar-refractivity contribution is -0.142. The van der Waals surface area contributed by atoms with E-state index >= 15 is 0 Å². The summed E-state index contributed by atoms with van der Waals surface area (Å²) in [6, 6.07) is 6.60. The summed E-state index contributed by atoms with van der Waals surface area (Å²) in [5.74, 6) is -1.99. The zero-order chi connectivity index (χ0) is 17.4. The quantitative estimate of drug-likeness (QED) is 0.660. The van der Waals surface area contributed by atoms with Crippen LogP contribution in [0.25, 0.3) is 0 Å². The van der Waals surface area contributed by atoms with Crippen LogP contribution in [-0.2, 0) is 20.9 Å². The Labute approximate surface area is 133 Å². The Bertz CT molecular complexity index is 548. The number of nitrogens with zero attached hydrogens (tertiary/aromatic N) is 1. The maximum atomic E-state index is 11.9. The van der Waals surface area contributed by atoms with Crippen LogP contribution < -0.4 is 5.32 Å². The molecule has 0 aliphatic rings. The molecule has 0 aliphatic carbocycles. The molecule has 1 rings (SSSR count). The van der Waals surface area contributed by atoms with E-state index in [1.165, 1.54) is 14.0 Å². The first-order chi connectivity index (χ1) is 10.9. The fourth-order valence-electron chi connectivity index (χ4n) is 1.70. The van der Waals surface area contributed by atoms with E-state index in [1.54, 1.807) is 24.3 Å². The van der Waals surface area contributed by atoms with Gasteiger partial charge in [0.05, 0.1) is 6.61 Å². The third-order valence-corrected chi connectivity index (χ3v) is 3.17. The van der Waals surface area contributed by atoms with Crippen molar-refractivity contribution in [2.24, 2.45) is 0 Å². The van der Waals surface area contributed by atoms with Crippen LogP contribution in [0.3, 0.4) is 0 Å². The summed E-state index contributed by atoms with van der Waals surface area (Å²) in [5, 5.41) is 20.2. The number of nitrogens with one attached hydrogen (secondary N) is 1. The number of carboxylic acid groups (broad SMARTS) is 1. The molecule has 2 atom stereocenters. The van der Waals surface area contributed by atoms with Crippen molar-refractivity contribution in [2.45, 2.75) is 25.6 Å². The summed E-state index contributed by atoms with van der Waals surface area (Å²) in [4.78, 5) is 35.5. The molecule has 0 bridgehead atoms. The number of hydrogen-bond donors (Lipinski definition) is 3. The number of carbonyl (C=O) groups excluding carboxylic acids is 2. The number of aliphatic hydroxyl groups is 1. The normalized spacial score (nSPS) is 12.8. The van der Waals surface area contributed by atoms with Gasteiger partial charge in [0.1, 0.15) is 18.7 Å². The number of hydrogen-bond acceptors (Lipinski definition) is 5. The molecule has 2 unspecified atom stereocenters. The highest BCUT2D eigenvalue weighted by atomic mass is 16.6. The van der Waals surface area contributed by atoms with Gasteiger partial charge in [-0.2, -0.15) is 0 Å². The second-order valence-electron chi connectivity index (χ2n) is 4.92. The molecule has 0 aliphatic heterocycles. The molecule has 0 saturated carbocycles. The van der Waals surface area contributed by atoms with Crippen LogP contribution in [0.2, 0.25) is 0 Å². The molecule has 8 heteroatoms. The third-order valence-electron chi connectivity index (χ3n) is 3.17. The summed E-state index contributed by atoms with van der Waals surface area (Å²) in [6.45, 7) is 0.646. The van der Waals surface area contributed by atoms with E-state index in [0.29, 0.717) is 0 Å². The van der Waals surface area contributed by atoms with E-state index < -0.39 is 36.7 Å². The summed E-state index contributed by atoms with van der Waals surface area (Å²) in [6.07, 6.45) is -0.800. The van der Waals surface area contributed by atoms with Crippen molar-refractivity contribution in [3.63, 3.8) is 0 Å². The molecule has 1 aromatic rings. The molecule has 8 nitrogen and oxygen atoms in total. The van der Waals surface area contributed by atoms with Crippen molar-refractivity contribution in [1.29, 1.82) is 0 Å². The molecule has 0 radical (unpaired) electrons. The average Bonchev–Trinajstić information content (AvgIpc) is 2.53. The SMILES string of the molecule is CC(NC(=O)C(CO)N(C)C(=O)OCc1ccccc1)C(=O)O. The number of carboxylic acids is 1. The minimum Gasteiger partial charge on any atom is -0.480 e. The average molecular weight is 324 g/mol. The lowest BCUT2D eigenvalue weighted by atomic mass is 10.2. The summed E-state index contributed by atoms with van der Waals surface area (Å²) >= 11 is 0. The van der Waals surface area contributed by atoms with Gasteiger partial charge in [-0.3, -0.25) is 14.5 Å². The fraction of sp³-hybridized carbons (Fsp3) is 0.400. The molecular weight excluding hydrogens is 304 g/mol. The van der Waals surface area contributed by atoms with Crippen LogP contribution in [0.5, 0.6) is 0 Å². The van der Waals surface area contributed by atoms with Crippen LogP contribution in [0, 0.1) is 0 Å². The van der Waals surface area contributed by atoms with Crippen molar-refractivity contribution < 1.29 is 29.3 Å². The summed E-state index contributed by atoms with van der Waals surface area (Å²) < 4.78 is 5.05. The van der Waals surface area contributed by atoms with E-state index in [0.717, 1.165) is 10.5 Å². The van der Waals surface area contributed by atoms with Gasteiger partial charge in [0, 0.05) is 7.05 Å². The maximum absolute atomic E-state index is 11.9. The Balaban J connectivity index is 2.60. The number of rotatable bonds is 7. The Hall–Kier alpha value is -2.61. The number of aliphatic hydroxyl groups excluding tert-OH is 1. The van der Waals surface area contributed by atoms with E-state index in [4.69, 9.17) is 9.84 Å². The zero-order valence-corrected chi connectivity index (χ0v) is 12.9. The first-order valence-electron chi connectivity index (χ1n) is 6.94. The number of benzene rings is 1. The van der Waals surface area contributed by atoms with Crippen molar-refractivity contribution in [1.82, 2.24) is 10.2 Å². The number of amides is 2. The van der Waals surface area contributed by atoms with E-state index in [1.807, 2.05) is 6.07 Å². The minimum atomic E-state index is -1.24. The van der Waals surface area contributed by atoms with Gasteiger partial charge in [-0.1, -0.05) is 30.3 Å². The Kier molecular flexibility index (Phi) is 7.01. The Morgan fingerprint density at radius 3 is 2.39 bits per heavy atom.